The summed E-state index contributed by atoms with van der Waals surface area (Å²) in [6.45, 7) is 4.37. The van der Waals surface area contributed by atoms with E-state index < -0.39 is 0 Å². The van der Waals surface area contributed by atoms with E-state index in [0.29, 0.717) is 18.9 Å². The van der Waals surface area contributed by atoms with E-state index in [-0.39, 0.29) is 6.03 Å². The number of aryl methyl sites for hydroxylation is 1. The van der Waals surface area contributed by atoms with Gasteiger partial charge in [-0.05, 0) is 24.8 Å². The number of hydrogen-bond donors (Lipinski definition) is 1. The van der Waals surface area contributed by atoms with Crippen molar-refractivity contribution < 1.29 is 4.79 Å². The van der Waals surface area contributed by atoms with Crippen LogP contribution >= 0.6 is 0 Å². The lowest BCUT2D eigenvalue weighted by Gasteiger charge is -2.39. The smallest absolute Gasteiger partial charge is 0.317 e. The molecule has 120 valence electrons. The molecule has 0 saturated carbocycles. The van der Waals surface area contributed by atoms with Crippen molar-refractivity contribution in [2.24, 2.45) is 5.92 Å². The molecular weight excluding hydrogens is 288 g/mol. The van der Waals surface area contributed by atoms with E-state index in [4.69, 9.17) is 0 Å². The fraction of sp³-hybridized carbons (Fsp3) is 0.389. The first-order valence-corrected chi connectivity index (χ1v) is 8.04. The van der Waals surface area contributed by atoms with Crippen molar-refractivity contribution >= 4 is 6.03 Å². The Balaban J connectivity index is 1.35. The number of benzene rings is 1. The molecule has 1 aromatic carbocycles. The maximum atomic E-state index is 12.0. The van der Waals surface area contributed by atoms with E-state index in [1.165, 1.54) is 11.1 Å². The van der Waals surface area contributed by atoms with Gasteiger partial charge in [0.1, 0.15) is 0 Å². The Morgan fingerprint density at radius 1 is 1.26 bits per heavy atom. The van der Waals surface area contributed by atoms with Crippen molar-refractivity contribution in [3.8, 4) is 0 Å². The molecule has 0 spiro atoms. The molecule has 5 heteroatoms. The summed E-state index contributed by atoms with van der Waals surface area (Å²) in [5.74, 6) is 0.573. The van der Waals surface area contributed by atoms with Crippen LogP contribution in [0.1, 0.15) is 16.8 Å². The molecule has 1 N–H and O–H groups in total. The number of likely N-dealkylation sites (tertiary alicyclic amines) is 1. The molecule has 5 nitrogen and oxygen atoms in total. The lowest BCUT2D eigenvalue weighted by Crippen LogP contribution is -2.54. The Bertz CT molecular complexity index is 636. The fourth-order valence-corrected chi connectivity index (χ4v) is 2.79. The monoisotopic (exact) mass is 310 g/mol. The minimum Gasteiger partial charge on any atom is -0.338 e. The molecule has 23 heavy (non-hydrogen) atoms. The quantitative estimate of drug-likeness (QED) is 0.921. The normalized spacial score (nSPS) is 14.4. The number of rotatable bonds is 5. The molecule has 0 unspecified atom stereocenters. The third-order valence-electron chi connectivity index (χ3n) is 4.16. The number of urea groups is 1. The molecule has 1 fully saturated rings. The third kappa shape index (κ3) is 4.28. The second-order valence-electron chi connectivity index (χ2n) is 6.14. The van der Waals surface area contributed by atoms with Crippen molar-refractivity contribution in [3.05, 3.63) is 59.7 Å². The van der Waals surface area contributed by atoms with Crippen molar-refractivity contribution in [2.75, 3.05) is 19.6 Å². The van der Waals surface area contributed by atoms with Gasteiger partial charge in [0, 0.05) is 44.6 Å². The number of aromatic nitrogens is 2. The fourth-order valence-electron chi connectivity index (χ4n) is 2.79. The van der Waals surface area contributed by atoms with Gasteiger partial charge in [-0.3, -0.25) is 9.97 Å². The Labute approximate surface area is 136 Å². The zero-order valence-electron chi connectivity index (χ0n) is 13.4. The highest BCUT2D eigenvalue weighted by atomic mass is 16.2. The molecule has 1 aliphatic rings. The summed E-state index contributed by atoms with van der Waals surface area (Å²) in [5.41, 5.74) is 3.53. The zero-order chi connectivity index (χ0) is 16.1. The van der Waals surface area contributed by atoms with Gasteiger partial charge in [0.05, 0.1) is 5.69 Å². The average molecular weight is 310 g/mol. The van der Waals surface area contributed by atoms with Gasteiger partial charge in [-0.15, -0.1) is 0 Å². The third-order valence-corrected chi connectivity index (χ3v) is 4.16. The van der Waals surface area contributed by atoms with Crippen molar-refractivity contribution in [2.45, 2.75) is 19.8 Å². The largest absolute Gasteiger partial charge is 0.338 e. The summed E-state index contributed by atoms with van der Waals surface area (Å²) in [4.78, 5) is 22.1. The molecule has 2 amide bonds. The van der Waals surface area contributed by atoms with Crippen molar-refractivity contribution in [1.82, 2.24) is 20.2 Å². The number of nitrogens with zero attached hydrogens (tertiary/aromatic N) is 3. The summed E-state index contributed by atoms with van der Waals surface area (Å²) < 4.78 is 0. The van der Waals surface area contributed by atoms with Gasteiger partial charge < -0.3 is 10.2 Å². The highest BCUT2D eigenvalue weighted by Crippen LogP contribution is 2.20. The summed E-state index contributed by atoms with van der Waals surface area (Å²) in [6, 6.07) is 8.67. The van der Waals surface area contributed by atoms with Gasteiger partial charge in [-0.1, -0.05) is 29.8 Å². The Morgan fingerprint density at radius 2 is 2.04 bits per heavy atom. The average Bonchev–Trinajstić information content (AvgIpc) is 2.53. The minimum absolute atomic E-state index is 0.0223. The van der Waals surface area contributed by atoms with Gasteiger partial charge in [0.2, 0.25) is 0 Å². The second kappa shape index (κ2) is 7.22. The molecule has 0 radical (unpaired) electrons. The number of amides is 2. The number of hydrogen-bond acceptors (Lipinski definition) is 3. The highest BCUT2D eigenvalue weighted by molar-refractivity contribution is 5.75. The molecule has 1 saturated heterocycles. The number of carbonyl (C=O) groups is 1. The molecule has 0 bridgehead atoms. The molecule has 0 aliphatic carbocycles. The number of nitrogens with one attached hydrogen (secondary N) is 1. The van der Waals surface area contributed by atoms with Gasteiger partial charge in [-0.2, -0.15) is 0 Å². The lowest BCUT2D eigenvalue weighted by molar-refractivity contribution is 0.121. The molecule has 1 aliphatic heterocycles. The summed E-state index contributed by atoms with van der Waals surface area (Å²) in [5, 5.41) is 2.94. The molecular formula is C18H22N4O. The second-order valence-corrected chi connectivity index (χ2v) is 6.14. The Hall–Kier alpha value is -2.43. The lowest BCUT2D eigenvalue weighted by atomic mass is 9.92. The standard InChI is InChI=1S/C18H22N4O/c1-14-2-4-15(5-3-14)10-16-12-22(13-16)18(23)21-7-6-17-11-19-8-9-20-17/h2-5,8-9,11,16H,6-7,10,12-13H2,1H3,(H,21,23). The first-order chi connectivity index (χ1) is 11.2. The van der Waals surface area contributed by atoms with Gasteiger partial charge >= 0.3 is 6.03 Å². The molecule has 2 aromatic rings. The van der Waals surface area contributed by atoms with E-state index in [1.807, 2.05) is 4.90 Å². The predicted molar refractivity (Wildman–Crippen MR) is 89.1 cm³/mol. The van der Waals surface area contributed by atoms with Crippen LogP contribution in [-0.2, 0) is 12.8 Å². The van der Waals surface area contributed by atoms with E-state index in [0.717, 1.165) is 25.2 Å². The molecule has 2 heterocycles. The van der Waals surface area contributed by atoms with Crippen LogP contribution in [0.4, 0.5) is 4.79 Å². The maximum Gasteiger partial charge on any atom is 0.317 e. The SMILES string of the molecule is Cc1ccc(CC2CN(C(=O)NCCc3cnccn3)C2)cc1. The van der Waals surface area contributed by atoms with Crippen LogP contribution in [0.15, 0.2) is 42.9 Å². The highest BCUT2D eigenvalue weighted by Gasteiger charge is 2.30. The van der Waals surface area contributed by atoms with Gasteiger partial charge in [-0.25, -0.2) is 4.79 Å². The minimum atomic E-state index is 0.0223. The Kier molecular flexibility index (Phi) is 4.86. The van der Waals surface area contributed by atoms with Gasteiger partial charge in [0.15, 0.2) is 0 Å². The summed E-state index contributed by atoms with van der Waals surface area (Å²) in [6.07, 6.45) is 6.80. The molecule has 1 aromatic heterocycles. The summed E-state index contributed by atoms with van der Waals surface area (Å²) in [7, 11) is 0. The van der Waals surface area contributed by atoms with E-state index in [1.54, 1.807) is 18.6 Å². The summed E-state index contributed by atoms with van der Waals surface area (Å²) >= 11 is 0. The van der Waals surface area contributed by atoms with E-state index in [2.05, 4.69) is 46.5 Å². The van der Waals surface area contributed by atoms with Crippen LogP contribution in [0, 0.1) is 12.8 Å². The molecule has 3 rings (SSSR count). The van der Waals surface area contributed by atoms with Crippen LogP contribution in [-0.4, -0.2) is 40.5 Å². The zero-order valence-corrected chi connectivity index (χ0v) is 13.4. The first-order valence-electron chi connectivity index (χ1n) is 8.04. The van der Waals surface area contributed by atoms with Crippen LogP contribution in [0.25, 0.3) is 0 Å². The topological polar surface area (TPSA) is 58.1 Å². The predicted octanol–water partition coefficient (Wildman–Crippen LogP) is 2.21. The van der Waals surface area contributed by atoms with Crippen LogP contribution < -0.4 is 5.32 Å². The van der Waals surface area contributed by atoms with E-state index in [9.17, 15) is 4.79 Å². The Morgan fingerprint density at radius 3 is 2.74 bits per heavy atom. The van der Waals surface area contributed by atoms with Crippen LogP contribution in [0.5, 0.6) is 0 Å². The van der Waals surface area contributed by atoms with Crippen LogP contribution in [0.2, 0.25) is 0 Å². The van der Waals surface area contributed by atoms with Crippen LogP contribution in [0.3, 0.4) is 0 Å². The van der Waals surface area contributed by atoms with Gasteiger partial charge in [0.25, 0.3) is 0 Å². The first kappa shape index (κ1) is 15.5. The number of carbonyl (C=O) groups excluding carboxylic acids is 1. The van der Waals surface area contributed by atoms with Crippen molar-refractivity contribution in [3.63, 3.8) is 0 Å². The van der Waals surface area contributed by atoms with E-state index >= 15 is 0 Å². The maximum absolute atomic E-state index is 12.0. The molecule has 0 atom stereocenters. The van der Waals surface area contributed by atoms with Crippen molar-refractivity contribution in [1.29, 1.82) is 0 Å².